The maximum absolute atomic E-state index is 10.9. The van der Waals surface area contributed by atoms with Gasteiger partial charge < -0.3 is 19.6 Å². The van der Waals surface area contributed by atoms with Crippen molar-refractivity contribution in [1.29, 1.82) is 0 Å². The van der Waals surface area contributed by atoms with Crippen LogP contribution in [0.5, 0.6) is 5.75 Å². The van der Waals surface area contributed by atoms with Gasteiger partial charge in [0, 0.05) is 23.9 Å². The maximum atomic E-state index is 10.9. The predicted molar refractivity (Wildman–Crippen MR) is 70.6 cm³/mol. The summed E-state index contributed by atoms with van der Waals surface area (Å²) >= 11 is 0. The third-order valence-electron chi connectivity index (χ3n) is 2.57. The lowest BCUT2D eigenvalue weighted by Gasteiger charge is -2.08. The average Bonchev–Trinajstić information content (AvgIpc) is 2.86. The number of rotatable bonds is 6. The third kappa shape index (κ3) is 3.28. The molecule has 5 heteroatoms. The maximum Gasteiger partial charge on any atom is 0.372 e. The summed E-state index contributed by atoms with van der Waals surface area (Å²) in [5, 5.41) is 12.1. The van der Waals surface area contributed by atoms with Crippen LogP contribution in [0.2, 0.25) is 0 Å². The molecule has 0 aliphatic heterocycles. The number of furan rings is 1. The van der Waals surface area contributed by atoms with Gasteiger partial charge in [0.2, 0.25) is 5.76 Å². The zero-order valence-electron chi connectivity index (χ0n) is 10.6. The van der Waals surface area contributed by atoms with Crippen molar-refractivity contribution < 1.29 is 19.1 Å². The number of benzene rings is 1. The standard InChI is InChI=1S/C14H15NO4/c1-2-18-12-5-3-4-11(8-12)15-9-10-6-7-19-13(10)14(16)17/h3-8,15H,2,9H2,1H3,(H,16,17). The number of carbonyl (C=O) groups is 1. The minimum atomic E-state index is -1.06. The summed E-state index contributed by atoms with van der Waals surface area (Å²) in [4.78, 5) is 10.9. The summed E-state index contributed by atoms with van der Waals surface area (Å²) in [6.45, 7) is 2.91. The summed E-state index contributed by atoms with van der Waals surface area (Å²) in [7, 11) is 0. The van der Waals surface area contributed by atoms with Gasteiger partial charge >= 0.3 is 5.97 Å². The van der Waals surface area contributed by atoms with Gasteiger partial charge in [-0.3, -0.25) is 0 Å². The van der Waals surface area contributed by atoms with E-state index < -0.39 is 5.97 Å². The first kappa shape index (κ1) is 13.0. The van der Waals surface area contributed by atoms with E-state index in [1.54, 1.807) is 6.07 Å². The molecule has 0 aliphatic carbocycles. The highest BCUT2D eigenvalue weighted by molar-refractivity contribution is 5.86. The average molecular weight is 261 g/mol. The number of nitrogens with one attached hydrogen (secondary N) is 1. The molecule has 1 aromatic heterocycles. The highest BCUT2D eigenvalue weighted by Gasteiger charge is 2.13. The second kappa shape index (κ2) is 5.95. The van der Waals surface area contributed by atoms with E-state index in [1.165, 1.54) is 6.26 Å². The summed E-state index contributed by atoms with van der Waals surface area (Å²) in [6.07, 6.45) is 1.37. The van der Waals surface area contributed by atoms with Crippen LogP contribution < -0.4 is 10.1 Å². The van der Waals surface area contributed by atoms with E-state index in [0.29, 0.717) is 18.7 Å². The molecule has 0 atom stereocenters. The molecule has 5 nitrogen and oxygen atoms in total. The van der Waals surface area contributed by atoms with E-state index in [9.17, 15) is 4.79 Å². The van der Waals surface area contributed by atoms with Crippen LogP contribution in [0.25, 0.3) is 0 Å². The van der Waals surface area contributed by atoms with E-state index in [2.05, 4.69) is 5.32 Å². The Morgan fingerprint density at radius 1 is 1.42 bits per heavy atom. The van der Waals surface area contributed by atoms with Crippen molar-refractivity contribution in [2.75, 3.05) is 11.9 Å². The quantitative estimate of drug-likeness (QED) is 0.836. The number of hydrogen-bond donors (Lipinski definition) is 2. The van der Waals surface area contributed by atoms with E-state index in [-0.39, 0.29) is 5.76 Å². The van der Waals surface area contributed by atoms with E-state index in [4.69, 9.17) is 14.3 Å². The van der Waals surface area contributed by atoms with Crippen molar-refractivity contribution in [2.45, 2.75) is 13.5 Å². The molecule has 0 radical (unpaired) electrons. The molecule has 0 aliphatic rings. The van der Waals surface area contributed by atoms with Crippen LogP contribution in [-0.4, -0.2) is 17.7 Å². The number of anilines is 1. The molecule has 2 rings (SSSR count). The number of aromatic carboxylic acids is 1. The summed E-state index contributed by atoms with van der Waals surface area (Å²) in [5.74, 6) is -0.323. The monoisotopic (exact) mass is 261 g/mol. The van der Waals surface area contributed by atoms with Gasteiger partial charge in [0.1, 0.15) is 5.75 Å². The Bertz CT molecular complexity index is 562. The molecule has 0 spiro atoms. The number of ether oxygens (including phenoxy) is 1. The van der Waals surface area contributed by atoms with Gasteiger partial charge in [-0.25, -0.2) is 4.79 Å². The van der Waals surface area contributed by atoms with Crippen molar-refractivity contribution in [3.63, 3.8) is 0 Å². The molecule has 100 valence electrons. The van der Waals surface area contributed by atoms with Crippen molar-refractivity contribution in [1.82, 2.24) is 0 Å². The van der Waals surface area contributed by atoms with Gasteiger partial charge in [-0.2, -0.15) is 0 Å². The second-order valence-electron chi connectivity index (χ2n) is 3.89. The zero-order chi connectivity index (χ0) is 13.7. The van der Waals surface area contributed by atoms with Gasteiger partial charge in [-0.15, -0.1) is 0 Å². The van der Waals surface area contributed by atoms with Crippen LogP contribution in [0.4, 0.5) is 5.69 Å². The Morgan fingerprint density at radius 2 is 2.26 bits per heavy atom. The Morgan fingerprint density at radius 3 is 3.00 bits per heavy atom. The molecule has 0 bridgehead atoms. The Labute approximate surface area is 110 Å². The Kier molecular flexibility index (Phi) is 4.07. The van der Waals surface area contributed by atoms with E-state index >= 15 is 0 Å². The predicted octanol–water partition coefficient (Wildman–Crippen LogP) is 2.99. The minimum Gasteiger partial charge on any atom is -0.494 e. The highest BCUT2D eigenvalue weighted by Crippen LogP contribution is 2.19. The third-order valence-corrected chi connectivity index (χ3v) is 2.57. The molecule has 1 heterocycles. The molecule has 1 aromatic carbocycles. The molecule has 0 fully saturated rings. The topological polar surface area (TPSA) is 71.7 Å². The van der Waals surface area contributed by atoms with E-state index in [1.807, 2.05) is 31.2 Å². The summed E-state index contributed by atoms with van der Waals surface area (Å²) < 4.78 is 10.3. The fourth-order valence-corrected chi connectivity index (χ4v) is 1.72. The van der Waals surface area contributed by atoms with Crippen molar-refractivity contribution in [3.8, 4) is 5.75 Å². The first-order chi connectivity index (χ1) is 9.20. The number of carboxylic acid groups (broad SMARTS) is 1. The lowest BCUT2D eigenvalue weighted by Crippen LogP contribution is -2.04. The minimum absolute atomic E-state index is 0.0338. The first-order valence-corrected chi connectivity index (χ1v) is 5.97. The van der Waals surface area contributed by atoms with Crippen LogP contribution in [0.15, 0.2) is 41.0 Å². The van der Waals surface area contributed by atoms with Crippen molar-refractivity contribution >= 4 is 11.7 Å². The Hall–Kier alpha value is -2.43. The molecule has 2 N–H and O–H groups in total. The summed E-state index contributed by atoms with van der Waals surface area (Å²) in [6, 6.07) is 9.14. The lowest BCUT2D eigenvalue weighted by molar-refractivity contribution is 0.0661. The smallest absolute Gasteiger partial charge is 0.372 e. The molecule has 0 unspecified atom stereocenters. The fourth-order valence-electron chi connectivity index (χ4n) is 1.72. The van der Waals surface area contributed by atoms with Crippen LogP contribution in [0.3, 0.4) is 0 Å². The first-order valence-electron chi connectivity index (χ1n) is 5.97. The highest BCUT2D eigenvalue weighted by atomic mass is 16.5. The van der Waals surface area contributed by atoms with E-state index in [0.717, 1.165) is 11.4 Å². The van der Waals surface area contributed by atoms with Crippen LogP contribution >= 0.6 is 0 Å². The van der Waals surface area contributed by atoms with Crippen molar-refractivity contribution in [3.05, 3.63) is 47.9 Å². The normalized spacial score (nSPS) is 10.2. The molecule has 2 aromatic rings. The molecule has 0 saturated heterocycles. The summed E-state index contributed by atoms with van der Waals surface area (Å²) in [5.41, 5.74) is 1.47. The molecular weight excluding hydrogens is 246 g/mol. The Balaban J connectivity index is 2.04. The van der Waals surface area contributed by atoms with Gasteiger partial charge in [0.25, 0.3) is 0 Å². The molecular formula is C14H15NO4. The molecule has 19 heavy (non-hydrogen) atoms. The van der Waals surface area contributed by atoms with Gasteiger partial charge in [-0.05, 0) is 25.1 Å². The van der Waals surface area contributed by atoms with Crippen LogP contribution in [0.1, 0.15) is 23.0 Å². The largest absolute Gasteiger partial charge is 0.494 e. The fraction of sp³-hybridized carbons (Fsp3) is 0.214. The number of hydrogen-bond acceptors (Lipinski definition) is 4. The lowest BCUT2D eigenvalue weighted by atomic mass is 10.2. The van der Waals surface area contributed by atoms with Crippen molar-refractivity contribution in [2.24, 2.45) is 0 Å². The van der Waals surface area contributed by atoms with Gasteiger partial charge in [0.05, 0.1) is 12.9 Å². The molecule has 0 saturated carbocycles. The molecule has 0 amide bonds. The zero-order valence-corrected chi connectivity index (χ0v) is 10.6. The van der Waals surface area contributed by atoms with Gasteiger partial charge in [-0.1, -0.05) is 6.07 Å². The van der Waals surface area contributed by atoms with Crippen LogP contribution in [-0.2, 0) is 6.54 Å². The second-order valence-corrected chi connectivity index (χ2v) is 3.89. The SMILES string of the molecule is CCOc1cccc(NCc2ccoc2C(=O)O)c1. The van der Waals surface area contributed by atoms with Crippen LogP contribution in [0, 0.1) is 0 Å². The van der Waals surface area contributed by atoms with Gasteiger partial charge in [0.15, 0.2) is 0 Å². The number of carboxylic acids is 1.